The molecule has 1 aliphatic rings. The maximum absolute atomic E-state index is 13.2. The SMILES string of the molecule is O=C(Cn1cc(S(=O)(=O)Cc2ccccc2)c2ccccc21)N1CCCCCC1. The van der Waals surface area contributed by atoms with Crippen LogP contribution in [0.4, 0.5) is 0 Å². The van der Waals surface area contributed by atoms with Gasteiger partial charge in [0.2, 0.25) is 5.91 Å². The number of hydrogen-bond acceptors (Lipinski definition) is 3. The van der Waals surface area contributed by atoms with Gasteiger partial charge in [-0.1, -0.05) is 61.4 Å². The number of sulfone groups is 1. The van der Waals surface area contributed by atoms with Crippen molar-refractivity contribution in [2.24, 2.45) is 0 Å². The van der Waals surface area contributed by atoms with Crippen molar-refractivity contribution in [3.05, 3.63) is 66.4 Å². The van der Waals surface area contributed by atoms with E-state index in [0.29, 0.717) is 10.3 Å². The van der Waals surface area contributed by atoms with Crippen molar-refractivity contribution in [1.29, 1.82) is 0 Å². The highest BCUT2D eigenvalue weighted by molar-refractivity contribution is 7.90. The molecule has 1 fully saturated rings. The number of benzene rings is 2. The molecule has 0 radical (unpaired) electrons. The molecule has 0 atom stereocenters. The number of likely N-dealkylation sites (tertiary alicyclic amines) is 1. The van der Waals surface area contributed by atoms with Crippen molar-refractivity contribution in [2.75, 3.05) is 13.1 Å². The van der Waals surface area contributed by atoms with Crippen LogP contribution < -0.4 is 0 Å². The van der Waals surface area contributed by atoms with E-state index in [-0.39, 0.29) is 18.2 Å². The van der Waals surface area contributed by atoms with E-state index in [9.17, 15) is 13.2 Å². The molecule has 5 nitrogen and oxygen atoms in total. The van der Waals surface area contributed by atoms with Crippen LogP contribution in [0.15, 0.2) is 65.7 Å². The van der Waals surface area contributed by atoms with Crippen LogP contribution in [0.1, 0.15) is 31.2 Å². The largest absolute Gasteiger partial charge is 0.341 e. The van der Waals surface area contributed by atoms with Crippen LogP contribution in [0.5, 0.6) is 0 Å². The molecule has 29 heavy (non-hydrogen) atoms. The molecule has 3 aromatic rings. The van der Waals surface area contributed by atoms with Crippen LogP contribution in [0, 0.1) is 0 Å². The van der Waals surface area contributed by atoms with Crippen molar-refractivity contribution in [3.8, 4) is 0 Å². The minimum atomic E-state index is -3.53. The number of hydrogen-bond donors (Lipinski definition) is 0. The molecule has 4 rings (SSSR count). The third-order valence-electron chi connectivity index (χ3n) is 5.55. The summed E-state index contributed by atoms with van der Waals surface area (Å²) in [7, 11) is -3.53. The van der Waals surface area contributed by atoms with Crippen molar-refractivity contribution >= 4 is 26.6 Å². The van der Waals surface area contributed by atoms with Gasteiger partial charge in [-0.05, 0) is 24.5 Å². The van der Waals surface area contributed by atoms with Gasteiger partial charge >= 0.3 is 0 Å². The van der Waals surface area contributed by atoms with Crippen LogP contribution in [0.3, 0.4) is 0 Å². The molecule has 0 spiro atoms. The fourth-order valence-electron chi connectivity index (χ4n) is 4.03. The fourth-order valence-corrected chi connectivity index (χ4v) is 5.61. The number of fused-ring (bicyclic) bond motifs is 1. The normalized spacial score (nSPS) is 15.4. The Morgan fingerprint density at radius 2 is 1.52 bits per heavy atom. The first kappa shape index (κ1) is 19.7. The molecule has 1 aliphatic heterocycles. The number of carbonyl (C=O) groups excluding carboxylic acids is 1. The maximum atomic E-state index is 13.2. The first-order chi connectivity index (χ1) is 14.0. The molecule has 0 saturated carbocycles. The van der Waals surface area contributed by atoms with Gasteiger partial charge in [0.05, 0.1) is 10.6 Å². The van der Waals surface area contributed by atoms with Gasteiger partial charge < -0.3 is 9.47 Å². The summed E-state index contributed by atoms with van der Waals surface area (Å²) >= 11 is 0. The number of aromatic nitrogens is 1. The summed E-state index contributed by atoms with van der Waals surface area (Å²) in [6.45, 7) is 1.75. The Hall–Kier alpha value is -2.60. The van der Waals surface area contributed by atoms with Gasteiger partial charge in [0.15, 0.2) is 9.84 Å². The average molecular weight is 411 g/mol. The van der Waals surface area contributed by atoms with Crippen molar-refractivity contribution < 1.29 is 13.2 Å². The van der Waals surface area contributed by atoms with Crippen molar-refractivity contribution in [1.82, 2.24) is 9.47 Å². The second-order valence-corrected chi connectivity index (χ2v) is 9.64. The summed E-state index contributed by atoms with van der Waals surface area (Å²) < 4.78 is 28.1. The molecule has 1 aromatic heterocycles. The zero-order chi connectivity index (χ0) is 20.3. The highest BCUT2D eigenvalue weighted by Gasteiger charge is 2.23. The first-order valence-corrected chi connectivity index (χ1v) is 11.8. The molecule has 1 amide bonds. The molecule has 2 aromatic carbocycles. The second-order valence-electron chi connectivity index (χ2n) is 7.68. The standard InChI is InChI=1S/C23H26N2O3S/c26-23(24-14-8-1-2-9-15-24)17-25-16-22(20-12-6-7-13-21(20)25)29(27,28)18-19-10-4-3-5-11-19/h3-7,10-13,16H,1-2,8-9,14-15,17-18H2. The number of amides is 1. The van der Waals surface area contributed by atoms with Crippen molar-refractivity contribution in [2.45, 2.75) is 42.9 Å². The van der Waals surface area contributed by atoms with Gasteiger partial charge in [-0.2, -0.15) is 0 Å². The zero-order valence-electron chi connectivity index (χ0n) is 16.5. The predicted octanol–water partition coefficient (Wildman–Crippen LogP) is 4.02. The molecule has 0 unspecified atom stereocenters. The highest BCUT2D eigenvalue weighted by Crippen LogP contribution is 2.28. The number of nitrogens with zero attached hydrogens (tertiary/aromatic N) is 2. The molecule has 6 heteroatoms. The Morgan fingerprint density at radius 3 is 2.24 bits per heavy atom. The van der Waals surface area contributed by atoms with Crippen LogP contribution in [0.2, 0.25) is 0 Å². The third kappa shape index (κ3) is 4.37. The van der Waals surface area contributed by atoms with Gasteiger partial charge in [0.1, 0.15) is 6.54 Å². The Morgan fingerprint density at radius 1 is 0.862 bits per heavy atom. The Labute approximate surface area is 171 Å². The summed E-state index contributed by atoms with van der Waals surface area (Å²) in [6, 6.07) is 16.6. The topological polar surface area (TPSA) is 59.4 Å². The second kappa shape index (κ2) is 8.41. The predicted molar refractivity (Wildman–Crippen MR) is 114 cm³/mol. The summed E-state index contributed by atoms with van der Waals surface area (Å²) in [5.41, 5.74) is 1.53. The number of para-hydroxylation sites is 1. The Bertz CT molecular complexity index is 1100. The van der Waals surface area contributed by atoms with E-state index in [1.165, 1.54) is 0 Å². The van der Waals surface area contributed by atoms with Gasteiger partial charge in [-0.3, -0.25) is 4.79 Å². The van der Waals surface area contributed by atoms with E-state index in [1.54, 1.807) is 10.8 Å². The molecule has 0 aliphatic carbocycles. The van der Waals surface area contributed by atoms with E-state index in [1.807, 2.05) is 59.5 Å². The van der Waals surface area contributed by atoms with Gasteiger partial charge in [0.25, 0.3) is 0 Å². The smallest absolute Gasteiger partial charge is 0.242 e. The average Bonchev–Trinajstić information content (AvgIpc) is 2.89. The lowest BCUT2D eigenvalue weighted by Crippen LogP contribution is -2.34. The molecule has 152 valence electrons. The number of rotatable bonds is 5. The maximum Gasteiger partial charge on any atom is 0.242 e. The summed E-state index contributed by atoms with van der Waals surface area (Å²) in [5.74, 6) is 0.00159. The van der Waals surface area contributed by atoms with Crippen LogP contribution >= 0.6 is 0 Å². The first-order valence-electron chi connectivity index (χ1n) is 10.2. The quantitative estimate of drug-likeness (QED) is 0.638. The Balaban J connectivity index is 1.65. The minimum Gasteiger partial charge on any atom is -0.341 e. The molecular weight excluding hydrogens is 384 g/mol. The number of carbonyl (C=O) groups is 1. The van der Waals surface area contributed by atoms with Gasteiger partial charge in [0, 0.05) is 30.2 Å². The highest BCUT2D eigenvalue weighted by atomic mass is 32.2. The Kier molecular flexibility index (Phi) is 5.72. The lowest BCUT2D eigenvalue weighted by Gasteiger charge is -2.20. The van der Waals surface area contributed by atoms with Crippen LogP contribution in [0.25, 0.3) is 10.9 Å². The van der Waals surface area contributed by atoms with Gasteiger partial charge in [-0.25, -0.2) is 8.42 Å². The van der Waals surface area contributed by atoms with Crippen LogP contribution in [-0.4, -0.2) is 36.9 Å². The fraction of sp³-hybridized carbons (Fsp3) is 0.348. The lowest BCUT2D eigenvalue weighted by atomic mass is 10.2. The summed E-state index contributed by atoms with van der Waals surface area (Å²) in [4.78, 5) is 15.1. The summed E-state index contributed by atoms with van der Waals surface area (Å²) in [6.07, 6.45) is 6.04. The summed E-state index contributed by atoms with van der Waals surface area (Å²) in [5, 5.41) is 0.673. The van der Waals surface area contributed by atoms with E-state index in [4.69, 9.17) is 0 Å². The van der Waals surface area contributed by atoms with E-state index in [2.05, 4.69) is 0 Å². The molecule has 0 bridgehead atoms. The van der Waals surface area contributed by atoms with E-state index >= 15 is 0 Å². The molecule has 1 saturated heterocycles. The zero-order valence-corrected chi connectivity index (χ0v) is 17.3. The van der Waals surface area contributed by atoms with Gasteiger partial charge in [-0.15, -0.1) is 0 Å². The molecule has 0 N–H and O–H groups in total. The van der Waals surface area contributed by atoms with E-state index in [0.717, 1.165) is 49.9 Å². The third-order valence-corrected chi connectivity index (χ3v) is 7.26. The van der Waals surface area contributed by atoms with Crippen LogP contribution in [-0.2, 0) is 26.9 Å². The lowest BCUT2D eigenvalue weighted by molar-refractivity contribution is -0.131. The molecule has 2 heterocycles. The minimum absolute atomic E-state index is 0.0537. The molecular formula is C23H26N2O3S. The van der Waals surface area contributed by atoms with E-state index < -0.39 is 9.84 Å². The van der Waals surface area contributed by atoms with Crippen molar-refractivity contribution in [3.63, 3.8) is 0 Å². The monoisotopic (exact) mass is 410 g/mol.